The van der Waals surface area contributed by atoms with Crippen molar-refractivity contribution >= 4 is 16.0 Å². The average molecular weight is 437 g/mol. The van der Waals surface area contributed by atoms with E-state index in [0.29, 0.717) is 31.5 Å². The highest BCUT2D eigenvalue weighted by Crippen LogP contribution is 2.21. The molecule has 1 aromatic rings. The zero-order chi connectivity index (χ0) is 21.4. The highest BCUT2D eigenvalue weighted by atomic mass is 32.2. The molecule has 0 bridgehead atoms. The zero-order valence-corrected chi connectivity index (χ0v) is 19.1. The second-order valence-electron chi connectivity index (χ2n) is 8.40. The van der Waals surface area contributed by atoms with Crippen molar-refractivity contribution < 1.29 is 13.2 Å². The van der Waals surface area contributed by atoms with Crippen LogP contribution < -0.4 is 5.32 Å². The molecule has 2 saturated heterocycles. The molecule has 1 N–H and O–H groups in total. The molecule has 1 atom stereocenters. The van der Waals surface area contributed by atoms with Gasteiger partial charge in [-0.2, -0.15) is 0 Å². The third kappa shape index (κ3) is 6.96. The molecule has 0 aliphatic carbocycles. The third-order valence-corrected chi connectivity index (χ3v) is 7.23. The predicted octanol–water partition coefficient (Wildman–Crippen LogP) is 2.16. The Morgan fingerprint density at radius 3 is 2.50 bits per heavy atom. The fourth-order valence-corrected chi connectivity index (χ4v) is 5.02. The van der Waals surface area contributed by atoms with Crippen LogP contribution in [0.4, 0.5) is 0 Å². The summed E-state index contributed by atoms with van der Waals surface area (Å²) in [7, 11) is -3.07. The number of nitrogens with one attached hydrogen (secondary N) is 1. The van der Waals surface area contributed by atoms with E-state index >= 15 is 0 Å². The summed E-state index contributed by atoms with van der Waals surface area (Å²) in [6.45, 7) is 8.32. The minimum Gasteiger partial charge on any atom is -0.376 e. The summed E-state index contributed by atoms with van der Waals surface area (Å²) in [5.41, 5.74) is 1.21. The average Bonchev–Trinajstić information content (AvgIpc) is 3.20. The Kier molecular flexibility index (Phi) is 8.53. The number of aliphatic imine (C=N–C) groups is 1. The molecule has 7 nitrogen and oxygen atoms in total. The minimum atomic E-state index is -3.07. The topological polar surface area (TPSA) is 74.2 Å². The number of hydrogen-bond acceptors (Lipinski definition) is 4. The molecule has 3 rings (SSSR count). The molecule has 0 amide bonds. The molecule has 1 unspecified atom stereocenters. The van der Waals surface area contributed by atoms with E-state index in [9.17, 15) is 8.42 Å². The Hall–Kier alpha value is -1.64. The summed E-state index contributed by atoms with van der Waals surface area (Å²) >= 11 is 0. The lowest BCUT2D eigenvalue weighted by molar-refractivity contribution is 0.0906. The summed E-state index contributed by atoms with van der Waals surface area (Å²) in [4.78, 5) is 7.23. The van der Waals surface area contributed by atoms with Crippen molar-refractivity contribution in [2.24, 2.45) is 16.8 Å². The summed E-state index contributed by atoms with van der Waals surface area (Å²) in [5.74, 6) is 1.95. The van der Waals surface area contributed by atoms with E-state index in [2.05, 4.69) is 29.3 Å². The van der Waals surface area contributed by atoms with Gasteiger partial charge in [0.15, 0.2) is 5.96 Å². The summed E-state index contributed by atoms with van der Waals surface area (Å²) < 4.78 is 30.9. The molecule has 2 aliphatic rings. The normalized spacial score (nSPS) is 21.9. The lowest BCUT2D eigenvalue weighted by atomic mass is 9.98. The van der Waals surface area contributed by atoms with Crippen molar-refractivity contribution in [2.45, 2.75) is 32.8 Å². The number of hydrogen-bond donors (Lipinski definition) is 1. The number of guanidine groups is 1. The van der Waals surface area contributed by atoms with Crippen molar-refractivity contribution in [3.8, 4) is 0 Å². The molecule has 2 aliphatic heterocycles. The van der Waals surface area contributed by atoms with Crippen LogP contribution in [0.2, 0.25) is 0 Å². The fourth-order valence-electron chi connectivity index (χ4n) is 4.14. The van der Waals surface area contributed by atoms with Gasteiger partial charge in [-0.05, 0) is 37.7 Å². The van der Waals surface area contributed by atoms with E-state index in [1.54, 1.807) is 4.31 Å². The van der Waals surface area contributed by atoms with Crippen molar-refractivity contribution in [3.63, 3.8) is 0 Å². The maximum atomic E-state index is 11.7. The molecule has 30 heavy (non-hydrogen) atoms. The van der Waals surface area contributed by atoms with Crippen LogP contribution in [-0.2, 0) is 21.4 Å². The monoisotopic (exact) mass is 436 g/mol. The van der Waals surface area contributed by atoms with Gasteiger partial charge in [0.1, 0.15) is 0 Å². The lowest BCUT2D eigenvalue weighted by Crippen LogP contribution is -2.41. The Balaban J connectivity index is 1.44. The van der Waals surface area contributed by atoms with Gasteiger partial charge in [0.2, 0.25) is 10.0 Å². The zero-order valence-electron chi connectivity index (χ0n) is 18.3. The number of likely N-dealkylation sites (tertiary alicyclic amines) is 1. The van der Waals surface area contributed by atoms with Crippen molar-refractivity contribution in [1.29, 1.82) is 0 Å². The molecule has 0 spiro atoms. The molecule has 168 valence electrons. The van der Waals surface area contributed by atoms with Crippen LogP contribution in [0.3, 0.4) is 0 Å². The SMILES string of the molecule is CCNC(=NCC1CCN(S(C)(=O)=O)CC1)N1CCC(COCc2ccccc2)C1. The van der Waals surface area contributed by atoms with Gasteiger partial charge in [0.05, 0.1) is 19.5 Å². The summed E-state index contributed by atoms with van der Waals surface area (Å²) in [6.07, 6.45) is 4.17. The molecule has 0 radical (unpaired) electrons. The Labute approximate surface area is 181 Å². The van der Waals surface area contributed by atoms with Gasteiger partial charge in [-0.3, -0.25) is 4.99 Å². The fraction of sp³-hybridized carbons (Fsp3) is 0.682. The van der Waals surface area contributed by atoms with Gasteiger partial charge in [-0.15, -0.1) is 0 Å². The van der Waals surface area contributed by atoms with E-state index in [4.69, 9.17) is 9.73 Å². The molecule has 2 fully saturated rings. The van der Waals surface area contributed by atoms with Crippen LogP contribution in [0.5, 0.6) is 0 Å². The third-order valence-electron chi connectivity index (χ3n) is 5.93. The standard InChI is InChI=1S/C22H36N4O3S/c1-3-23-22(24-15-19-10-13-26(14-11-19)30(2,27)28)25-12-9-21(16-25)18-29-17-20-7-5-4-6-8-20/h4-8,19,21H,3,9-18H2,1-2H3,(H,23,24). The molecule has 0 aromatic heterocycles. The number of benzene rings is 1. The number of sulfonamides is 1. The maximum absolute atomic E-state index is 11.7. The smallest absolute Gasteiger partial charge is 0.211 e. The molecule has 8 heteroatoms. The Morgan fingerprint density at radius 1 is 1.13 bits per heavy atom. The number of rotatable bonds is 8. The summed E-state index contributed by atoms with van der Waals surface area (Å²) in [6, 6.07) is 10.3. The first-order valence-electron chi connectivity index (χ1n) is 11.1. The van der Waals surface area contributed by atoms with Crippen LogP contribution in [0.1, 0.15) is 31.7 Å². The van der Waals surface area contributed by atoms with E-state index in [1.165, 1.54) is 11.8 Å². The van der Waals surface area contributed by atoms with E-state index < -0.39 is 10.0 Å². The highest BCUT2D eigenvalue weighted by molar-refractivity contribution is 7.88. The van der Waals surface area contributed by atoms with E-state index in [1.807, 2.05) is 18.2 Å². The van der Waals surface area contributed by atoms with Gasteiger partial charge >= 0.3 is 0 Å². The molecular formula is C22H36N4O3S. The van der Waals surface area contributed by atoms with Gasteiger partial charge in [0.25, 0.3) is 0 Å². The van der Waals surface area contributed by atoms with Crippen LogP contribution in [0.25, 0.3) is 0 Å². The second kappa shape index (κ2) is 11.1. The highest BCUT2D eigenvalue weighted by Gasteiger charge is 2.27. The van der Waals surface area contributed by atoms with Crippen molar-refractivity contribution in [3.05, 3.63) is 35.9 Å². The van der Waals surface area contributed by atoms with Gasteiger partial charge in [-0.25, -0.2) is 12.7 Å². The van der Waals surface area contributed by atoms with Gasteiger partial charge in [-0.1, -0.05) is 30.3 Å². The second-order valence-corrected chi connectivity index (χ2v) is 10.4. The number of piperidine rings is 1. The molecular weight excluding hydrogens is 400 g/mol. The van der Waals surface area contributed by atoms with Gasteiger partial charge in [0, 0.05) is 45.2 Å². The van der Waals surface area contributed by atoms with E-state index in [-0.39, 0.29) is 0 Å². The molecule has 0 saturated carbocycles. The number of ether oxygens (including phenoxy) is 1. The van der Waals surface area contributed by atoms with Gasteiger partial charge < -0.3 is 15.0 Å². The first kappa shape index (κ1) is 23.0. The Morgan fingerprint density at radius 2 is 1.83 bits per heavy atom. The van der Waals surface area contributed by atoms with Crippen molar-refractivity contribution in [1.82, 2.24) is 14.5 Å². The van der Waals surface area contributed by atoms with E-state index in [0.717, 1.165) is 58.0 Å². The number of nitrogens with zero attached hydrogens (tertiary/aromatic N) is 3. The van der Waals surface area contributed by atoms with Crippen LogP contribution >= 0.6 is 0 Å². The lowest BCUT2D eigenvalue weighted by Gasteiger charge is -2.30. The molecule has 2 heterocycles. The van der Waals surface area contributed by atoms with Crippen molar-refractivity contribution in [2.75, 3.05) is 52.1 Å². The van der Waals surface area contributed by atoms with Crippen LogP contribution in [-0.4, -0.2) is 75.7 Å². The quantitative estimate of drug-likeness (QED) is 0.499. The maximum Gasteiger partial charge on any atom is 0.211 e. The minimum absolute atomic E-state index is 0.448. The summed E-state index contributed by atoms with van der Waals surface area (Å²) in [5, 5.41) is 3.43. The first-order valence-corrected chi connectivity index (χ1v) is 12.9. The predicted molar refractivity (Wildman–Crippen MR) is 121 cm³/mol. The largest absolute Gasteiger partial charge is 0.376 e. The van der Waals surface area contributed by atoms with Crippen LogP contribution in [0, 0.1) is 11.8 Å². The Bertz CT molecular complexity index is 777. The molecule has 1 aromatic carbocycles. The first-order chi connectivity index (χ1) is 14.5. The van der Waals surface area contributed by atoms with Crippen LogP contribution in [0.15, 0.2) is 35.3 Å².